The molecule has 0 aliphatic heterocycles. The van der Waals surface area contributed by atoms with Crippen molar-refractivity contribution in [2.75, 3.05) is 0 Å². The molecular formula is C16H14IrN-. The van der Waals surface area contributed by atoms with E-state index < -0.39 is 0 Å². The molecule has 0 spiro atoms. The first-order valence-electron chi connectivity index (χ1n) is 6.39. The second-order valence-corrected chi connectivity index (χ2v) is 5.18. The molecular weight excluding hydrogens is 398 g/mol. The van der Waals surface area contributed by atoms with Gasteiger partial charge in [0.25, 0.3) is 0 Å². The summed E-state index contributed by atoms with van der Waals surface area (Å²) >= 11 is 0. The van der Waals surface area contributed by atoms with Crippen LogP contribution >= 0.6 is 0 Å². The van der Waals surface area contributed by atoms with Gasteiger partial charge in [-0.1, -0.05) is 6.07 Å². The summed E-state index contributed by atoms with van der Waals surface area (Å²) in [6.45, 7) is 0. The fourth-order valence-electron chi connectivity index (χ4n) is 3.42. The quantitative estimate of drug-likeness (QED) is 0.648. The van der Waals surface area contributed by atoms with E-state index in [1.54, 1.807) is 5.56 Å². The van der Waals surface area contributed by atoms with E-state index in [-0.39, 0.29) is 20.1 Å². The molecule has 1 saturated carbocycles. The molecule has 2 unspecified atom stereocenters. The Bertz CT molecular complexity index is 565. The topological polar surface area (TPSA) is 12.9 Å². The van der Waals surface area contributed by atoms with Crippen LogP contribution in [0.4, 0.5) is 0 Å². The average Bonchev–Trinajstić information content (AvgIpc) is 3.01. The first kappa shape index (κ1) is 12.1. The van der Waals surface area contributed by atoms with E-state index >= 15 is 0 Å². The van der Waals surface area contributed by atoms with Crippen molar-refractivity contribution in [3.63, 3.8) is 0 Å². The zero-order chi connectivity index (χ0) is 11.2. The molecule has 1 fully saturated rings. The zero-order valence-electron chi connectivity index (χ0n) is 10.0. The predicted molar refractivity (Wildman–Crippen MR) is 67.8 cm³/mol. The van der Waals surface area contributed by atoms with Crippen molar-refractivity contribution in [3.05, 3.63) is 53.7 Å². The molecule has 1 heterocycles. The molecule has 2 aliphatic rings. The standard InChI is InChI=1S/C16H14N.Ir/c1-2-4-11(5-3-1)16-9-14-12-6-7-13(8-12)15(14)10-17-16;/h1-4,9-10,12-13H,6-8H2;/q-1;. The minimum Gasteiger partial charge on any atom is -0.304 e. The third-order valence-electron chi connectivity index (χ3n) is 4.27. The van der Waals surface area contributed by atoms with Gasteiger partial charge < -0.3 is 4.98 Å². The third kappa shape index (κ3) is 1.75. The van der Waals surface area contributed by atoms with Gasteiger partial charge in [-0.3, -0.25) is 0 Å². The molecule has 2 bridgehead atoms. The molecule has 1 radical (unpaired) electrons. The van der Waals surface area contributed by atoms with Gasteiger partial charge in [0.05, 0.1) is 0 Å². The third-order valence-corrected chi connectivity index (χ3v) is 4.27. The number of hydrogen-bond donors (Lipinski definition) is 0. The second-order valence-electron chi connectivity index (χ2n) is 5.18. The Hall–Kier alpha value is -0.981. The van der Waals surface area contributed by atoms with Gasteiger partial charge in [-0.2, -0.15) is 0 Å². The van der Waals surface area contributed by atoms with Crippen LogP contribution in [0.2, 0.25) is 0 Å². The molecule has 2 aliphatic carbocycles. The molecule has 1 aromatic carbocycles. The van der Waals surface area contributed by atoms with Crippen molar-refractivity contribution >= 4 is 0 Å². The van der Waals surface area contributed by atoms with Crippen LogP contribution in [0.1, 0.15) is 42.2 Å². The van der Waals surface area contributed by atoms with E-state index in [2.05, 4.69) is 29.4 Å². The van der Waals surface area contributed by atoms with Gasteiger partial charge in [0.1, 0.15) is 0 Å². The van der Waals surface area contributed by atoms with Gasteiger partial charge >= 0.3 is 0 Å². The van der Waals surface area contributed by atoms with Gasteiger partial charge in [-0.25, -0.2) is 0 Å². The molecule has 93 valence electrons. The van der Waals surface area contributed by atoms with Crippen molar-refractivity contribution in [1.29, 1.82) is 0 Å². The van der Waals surface area contributed by atoms with Crippen LogP contribution in [0.3, 0.4) is 0 Å². The molecule has 2 aromatic rings. The SMILES string of the molecule is [Ir].[c-]1ccccc1-c1cc2c(cn1)C1CCC2C1. The largest absolute Gasteiger partial charge is 0.304 e. The maximum absolute atomic E-state index is 4.61. The summed E-state index contributed by atoms with van der Waals surface area (Å²) in [4.78, 5) is 4.61. The molecule has 18 heavy (non-hydrogen) atoms. The van der Waals surface area contributed by atoms with E-state index in [0.29, 0.717) is 0 Å². The first-order valence-corrected chi connectivity index (χ1v) is 6.39. The summed E-state index contributed by atoms with van der Waals surface area (Å²) in [6.07, 6.45) is 6.21. The Kier molecular flexibility index (Phi) is 3.09. The number of hydrogen-bond acceptors (Lipinski definition) is 1. The van der Waals surface area contributed by atoms with Crippen molar-refractivity contribution in [2.24, 2.45) is 0 Å². The summed E-state index contributed by atoms with van der Waals surface area (Å²) in [6, 6.07) is 13.6. The van der Waals surface area contributed by atoms with Crippen LogP contribution in [-0.2, 0) is 20.1 Å². The molecule has 0 N–H and O–H groups in total. The summed E-state index contributed by atoms with van der Waals surface area (Å²) in [7, 11) is 0. The van der Waals surface area contributed by atoms with Crippen molar-refractivity contribution in [1.82, 2.24) is 4.98 Å². The van der Waals surface area contributed by atoms with Crippen LogP contribution in [0.15, 0.2) is 36.5 Å². The van der Waals surface area contributed by atoms with E-state index in [4.69, 9.17) is 0 Å². The van der Waals surface area contributed by atoms with Crippen molar-refractivity contribution in [2.45, 2.75) is 31.1 Å². The van der Waals surface area contributed by atoms with Gasteiger partial charge in [-0.05, 0) is 47.9 Å². The molecule has 2 atom stereocenters. The Morgan fingerprint density at radius 1 is 1.11 bits per heavy atom. The average molecular weight is 413 g/mol. The fraction of sp³-hybridized carbons (Fsp3) is 0.312. The molecule has 0 amide bonds. The van der Waals surface area contributed by atoms with Crippen molar-refractivity contribution in [3.8, 4) is 11.3 Å². The van der Waals surface area contributed by atoms with Crippen LogP contribution < -0.4 is 0 Å². The zero-order valence-corrected chi connectivity index (χ0v) is 12.4. The van der Waals surface area contributed by atoms with Gasteiger partial charge in [0.15, 0.2) is 0 Å². The van der Waals surface area contributed by atoms with Crippen molar-refractivity contribution < 1.29 is 20.1 Å². The minimum absolute atomic E-state index is 0. The van der Waals surface area contributed by atoms with Gasteiger partial charge in [0.2, 0.25) is 0 Å². The summed E-state index contributed by atoms with van der Waals surface area (Å²) in [5, 5.41) is 0. The number of aromatic nitrogens is 1. The van der Waals surface area contributed by atoms with E-state index in [0.717, 1.165) is 23.1 Å². The summed E-state index contributed by atoms with van der Waals surface area (Å²) in [5.41, 5.74) is 5.26. The molecule has 4 rings (SSSR count). The Labute approximate surface area is 121 Å². The van der Waals surface area contributed by atoms with Crippen LogP contribution in [0, 0.1) is 6.07 Å². The minimum atomic E-state index is 0. The van der Waals surface area contributed by atoms with Crippen LogP contribution in [0.25, 0.3) is 11.3 Å². The van der Waals surface area contributed by atoms with Gasteiger partial charge in [-0.15, -0.1) is 35.9 Å². The van der Waals surface area contributed by atoms with E-state index in [1.165, 1.54) is 24.8 Å². The predicted octanol–water partition coefficient (Wildman–Crippen LogP) is 3.91. The maximum Gasteiger partial charge on any atom is 0.0198 e. The van der Waals surface area contributed by atoms with Crippen LogP contribution in [0.5, 0.6) is 0 Å². The number of pyridine rings is 1. The Morgan fingerprint density at radius 3 is 2.72 bits per heavy atom. The molecule has 2 heteroatoms. The molecule has 1 nitrogen and oxygen atoms in total. The number of benzene rings is 1. The van der Waals surface area contributed by atoms with E-state index in [9.17, 15) is 0 Å². The summed E-state index contributed by atoms with van der Waals surface area (Å²) < 4.78 is 0. The number of fused-ring (bicyclic) bond motifs is 5. The summed E-state index contributed by atoms with van der Waals surface area (Å²) in [5.74, 6) is 1.61. The van der Waals surface area contributed by atoms with Gasteiger partial charge in [0, 0.05) is 26.3 Å². The number of nitrogens with zero attached hydrogens (tertiary/aromatic N) is 1. The molecule has 0 saturated heterocycles. The fourth-order valence-corrected chi connectivity index (χ4v) is 3.42. The van der Waals surface area contributed by atoms with E-state index in [1.807, 2.05) is 18.2 Å². The Balaban J connectivity index is 0.000001000. The smallest absolute Gasteiger partial charge is 0.0198 e. The first-order chi connectivity index (χ1) is 8.42. The van der Waals surface area contributed by atoms with Crippen LogP contribution in [-0.4, -0.2) is 4.98 Å². The Morgan fingerprint density at radius 2 is 1.94 bits per heavy atom. The normalized spacial score (nSPS) is 23.6. The second kappa shape index (κ2) is 4.60. The maximum atomic E-state index is 4.61. The molecule has 1 aromatic heterocycles. The monoisotopic (exact) mass is 413 g/mol. The number of rotatable bonds is 1.